The van der Waals surface area contributed by atoms with Gasteiger partial charge in [-0.2, -0.15) is 5.10 Å². The van der Waals surface area contributed by atoms with Crippen molar-refractivity contribution in [2.24, 2.45) is 16.4 Å². The number of benzene rings is 1. The molecule has 0 amide bonds. The van der Waals surface area contributed by atoms with E-state index in [2.05, 4.69) is 41.3 Å². The first kappa shape index (κ1) is 20.8. The maximum Gasteiger partial charge on any atom is 0.158 e. The fraction of sp³-hybridized carbons (Fsp3) is 0.458. The van der Waals surface area contributed by atoms with E-state index < -0.39 is 0 Å². The molecule has 1 aliphatic carbocycles. The zero-order valence-electron chi connectivity index (χ0n) is 18.2. The second-order valence-electron chi connectivity index (χ2n) is 8.53. The predicted octanol–water partition coefficient (Wildman–Crippen LogP) is 6.08. The maximum absolute atomic E-state index is 5.68. The molecule has 0 fully saturated rings. The minimum atomic E-state index is 0.344. The summed E-state index contributed by atoms with van der Waals surface area (Å²) in [6, 6.07) is 7.90. The summed E-state index contributed by atoms with van der Waals surface area (Å²) in [4.78, 5) is 11.6. The summed E-state index contributed by atoms with van der Waals surface area (Å²) in [6.07, 6.45) is 8.10. The average Bonchev–Trinajstić information content (AvgIpc) is 3.14. The molecule has 0 bridgehead atoms. The van der Waals surface area contributed by atoms with E-state index in [4.69, 9.17) is 4.74 Å². The molecular weight excluding hydrogens is 392 g/mol. The normalized spacial score (nSPS) is 16.7. The molecule has 4 rings (SSSR count). The van der Waals surface area contributed by atoms with Crippen molar-refractivity contribution in [3.8, 4) is 5.75 Å². The summed E-state index contributed by atoms with van der Waals surface area (Å²) in [5, 5.41) is 5.62. The van der Waals surface area contributed by atoms with Crippen LogP contribution in [0.4, 0.5) is 5.82 Å². The van der Waals surface area contributed by atoms with Gasteiger partial charge in [0.1, 0.15) is 16.9 Å². The number of fused-ring (bicyclic) bond motifs is 3. The summed E-state index contributed by atoms with van der Waals surface area (Å²) >= 11 is 1.81. The fourth-order valence-corrected chi connectivity index (χ4v) is 5.37. The molecule has 1 atom stereocenters. The maximum atomic E-state index is 5.68. The number of hydrogen-bond donors (Lipinski definition) is 1. The molecule has 3 aromatic rings. The topological polar surface area (TPSA) is 59.4 Å². The van der Waals surface area contributed by atoms with Gasteiger partial charge >= 0.3 is 0 Å². The number of aryl methyl sites for hydroxylation is 1. The monoisotopic (exact) mass is 422 g/mol. The Kier molecular flexibility index (Phi) is 6.04. The number of ether oxygens (including phenoxy) is 1. The third-order valence-electron chi connectivity index (χ3n) is 6.45. The molecule has 0 saturated heterocycles. The molecular formula is C24H30N4OS. The van der Waals surface area contributed by atoms with Gasteiger partial charge in [0.05, 0.1) is 18.2 Å². The Balaban J connectivity index is 1.63. The van der Waals surface area contributed by atoms with E-state index >= 15 is 0 Å². The number of thiophene rings is 1. The highest BCUT2D eigenvalue weighted by Crippen LogP contribution is 2.45. The highest BCUT2D eigenvalue weighted by molar-refractivity contribution is 7.19. The van der Waals surface area contributed by atoms with Crippen molar-refractivity contribution >= 4 is 33.6 Å². The van der Waals surface area contributed by atoms with Crippen LogP contribution >= 0.6 is 11.3 Å². The van der Waals surface area contributed by atoms with Gasteiger partial charge in [0.15, 0.2) is 5.82 Å². The second-order valence-corrected chi connectivity index (χ2v) is 9.61. The molecule has 0 spiro atoms. The molecule has 0 unspecified atom stereocenters. The molecule has 5 nitrogen and oxygen atoms in total. The zero-order valence-corrected chi connectivity index (χ0v) is 19.1. The minimum Gasteiger partial charge on any atom is -0.493 e. The third kappa shape index (κ3) is 4.06. The minimum absolute atomic E-state index is 0.344. The molecule has 0 radical (unpaired) electrons. The van der Waals surface area contributed by atoms with E-state index in [1.165, 1.54) is 23.3 Å². The van der Waals surface area contributed by atoms with E-state index in [1.54, 1.807) is 12.5 Å². The molecule has 2 heterocycles. The zero-order chi connectivity index (χ0) is 21.1. The quantitative estimate of drug-likeness (QED) is 0.370. The van der Waals surface area contributed by atoms with Crippen molar-refractivity contribution in [3.05, 3.63) is 46.6 Å². The number of anilines is 1. The van der Waals surface area contributed by atoms with Crippen LogP contribution in [0.1, 0.15) is 56.5 Å². The summed E-state index contributed by atoms with van der Waals surface area (Å²) in [5.41, 5.74) is 5.88. The average molecular weight is 423 g/mol. The number of para-hydroxylation sites is 1. The summed E-state index contributed by atoms with van der Waals surface area (Å²) in [7, 11) is 0. The SMILES string of the molecule is CCOc1ccccc1/C=N\Nc1ncnc2sc3c(c12)C[C@@H](C(C)(C)CC)CC3. The summed E-state index contributed by atoms with van der Waals surface area (Å²) < 4.78 is 5.68. The Morgan fingerprint density at radius 3 is 2.90 bits per heavy atom. The number of hydrogen-bond acceptors (Lipinski definition) is 6. The molecule has 1 aliphatic rings. The number of nitrogens with one attached hydrogen (secondary N) is 1. The molecule has 1 aromatic carbocycles. The van der Waals surface area contributed by atoms with Crippen LogP contribution in [0.3, 0.4) is 0 Å². The number of rotatable bonds is 7. The van der Waals surface area contributed by atoms with Crippen molar-refractivity contribution in [1.82, 2.24) is 9.97 Å². The lowest BCUT2D eigenvalue weighted by Gasteiger charge is -2.36. The number of hydrazone groups is 1. The number of nitrogens with zero attached hydrogens (tertiary/aromatic N) is 3. The van der Waals surface area contributed by atoms with Crippen LogP contribution in [-0.2, 0) is 12.8 Å². The van der Waals surface area contributed by atoms with Crippen LogP contribution in [0.5, 0.6) is 5.75 Å². The van der Waals surface area contributed by atoms with Crippen LogP contribution < -0.4 is 10.2 Å². The van der Waals surface area contributed by atoms with Gasteiger partial charge < -0.3 is 4.74 Å². The molecule has 30 heavy (non-hydrogen) atoms. The van der Waals surface area contributed by atoms with Crippen molar-refractivity contribution < 1.29 is 4.74 Å². The van der Waals surface area contributed by atoms with Crippen LogP contribution in [0.2, 0.25) is 0 Å². The van der Waals surface area contributed by atoms with Gasteiger partial charge in [-0.05, 0) is 55.2 Å². The predicted molar refractivity (Wildman–Crippen MR) is 126 cm³/mol. The molecule has 158 valence electrons. The highest BCUT2D eigenvalue weighted by Gasteiger charge is 2.33. The first-order chi connectivity index (χ1) is 14.5. The Morgan fingerprint density at radius 1 is 1.27 bits per heavy atom. The molecule has 6 heteroatoms. The molecule has 0 aliphatic heterocycles. The molecule has 0 saturated carbocycles. The van der Waals surface area contributed by atoms with E-state index in [0.717, 1.165) is 40.2 Å². The third-order valence-corrected chi connectivity index (χ3v) is 7.65. The van der Waals surface area contributed by atoms with Gasteiger partial charge in [-0.25, -0.2) is 9.97 Å². The first-order valence-corrected chi connectivity index (χ1v) is 11.6. The summed E-state index contributed by atoms with van der Waals surface area (Å²) in [6.45, 7) is 9.70. The van der Waals surface area contributed by atoms with E-state index in [1.807, 2.05) is 42.5 Å². The van der Waals surface area contributed by atoms with Crippen molar-refractivity contribution in [2.45, 2.75) is 53.4 Å². The standard InChI is InChI=1S/C24H30N4OS/c1-5-24(3,4)17-11-12-20-18(13-17)21-22(25-15-26-23(21)30-20)28-27-14-16-9-7-8-10-19(16)29-6-2/h7-10,14-15,17H,5-6,11-13H2,1-4H3,(H,25,26,28)/b27-14-/t17-/m0/s1. The van der Waals surface area contributed by atoms with Crippen LogP contribution in [-0.4, -0.2) is 22.8 Å². The van der Waals surface area contributed by atoms with Crippen molar-refractivity contribution in [3.63, 3.8) is 0 Å². The number of aromatic nitrogens is 2. The molecule has 1 N–H and O–H groups in total. The highest BCUT2D eigenvalue weighted by atomic mass is 32.1. The van der Waals surface area contributed by atoms with Crippen molar-refractivity contribution in [2.75, 3.05) is 12.0 Å². The fourth-order valence-electron chi connectivity index (χ4n) is 4.19. The van der Waals surface area contributed by atoms with Gasteiger partial charge in [-0.1, -0.05) is 39.3 Å². The van der Waals surface area contributed by atoms with Crippen LogP contribution in [0, 0.1) is 11.3 Å². The van der Waals surface area contributed by atoms with Gasteiger partial charge in [-0.15, -0.1) is 11.3 Å². The lowest BCUT2D eigenvalue weighted by atomic mass is 9.69. The lowest BCUT2D eigenvalue weighted by molar-refractivity contribution is 0.184. The summed E-state index contributed by atoms with van der Waals surface area (Å²) in [5.74, 6) is 2.30. The lowest BCUT2D eigenvalue weighted by Crippen LogP contribution is -2.28. The van der Waals surface area contributed by atoms with Gasteiger partial charge in [-0.3, -0.25) is 5.43 Å². The van der Waals surface area contributed by atoms with Gasteiger partial charge in [0.2, 0.25) is 0 Å². The van der Waals surface area contributed by atoms with Crippen molar-refractivity contribution in [1.29, 1.82) is 0 Å². The Bertz CT molecular complexity index is 1060. The molecule has 2 aromatic heterocycles. The smallest absolute Gasteiger partial charge is 0.158 e. The second kappa shape index (κ2) is 8.72. The van der Waals surface area contributed by atoms with Gasteiger partial charge in [0.25, 0.3) is 0 Å². The Morgan fingerprint density at radius 2 is 2.10 bits per heavy atom. The largest absolute Gasteiger partial charge is 0.493 e. The van der Waals surface area contributed by atoms with E-state index in [-0.39, 0.29) is 0 Å². The van der Waals surface area contributed by atoms with Gasteiger partial charge in [0, 0.05) is 10.4 Å². The van der Waals surface area contributed by atoms with Crippen LogP contribution in [0.25, 0.3) is 10.2 Å². The first-order valence-electron chi connectivity index (χ1n) is 10.8. The van der Waals surface area contributed by atoms with Crippen LogP contribution in [0.15, 0.2) is 35.7 Å². The van der Waals surface area contributed by atoms with E-state index in [0.29, 0.717) is 17.9 Å². The van der Waals surface area contributed by atoms with E-state index in [9.17, 15) is 0 Å². The Hall–Kier alpha value is -2.47. The Labute approximate surface area is 182 Å².